The third-order valence-electron chi connectivity index (χ3n) is 4.86. The zero-order valence-corrected chi connectivity index (χ0v) is 16.0. The molecule has 1 aliphatic rings. The van der Waals surface area contributed by atoms with Crippen LogP contribution in [0, 0.1) is 20.8 Å². The number of methoxy groups -OCH3 is 1. The standard InChI is InChI=1S/C21H27N3O2/c1-15-13-16(2)20(17(3)14-15)23-9-11-24(12-10-23)21(25)22-18-5-7-19(26-4)8-6-18/h5-8,13-14H,9-12H2,1-4H3,(H,22,25). The van der Waals surface area contributed by atoms with E-state index in [9.17, 15) is 4.79 Å². The third-order valence-corrected chi connectivity index (χ3v) is 4.86. The highest BCUT2D eigenvalue weighted by Gasteiger charge is 2.23. The Morgan fingerprint density at radius 2 is 1.54 bits per heavy atom. The van der Waals surface area contributed by atoms with E-state index in [0.29, 0.717) is 0 Å². The van der Waals surface area contributed by atoms with Gasteiger partial charge in [-0.3, -0.25) is 0 Å². The molecule has 2 aromatic carbocycles. The number of hydrogen-bond donors (Lipinski definition) is 1. The van der Waals surface area contributed by atoms with Crippen molar-refractivity contribution in [2.24, 2.45) is 0 Å². The second kappa shape index (κ2) is 7.68. The molecule has 2 aromatic rings. The van der Waals surface area contributed by atoms with E-state index >= 15 is 0 Å². The van der Waals surface area contributed by atoms with E-state index in [1.807, 2.05) is 29.2 Å². The highest BCUT2D eigenvalue weighted by Crippen LogP contribution is 2.27. The molecule has 0 saturated carbocycles. The van der Waals surface area contributed by atoms with Crippen LogP contribution in [0.15, 0.2) is 36.4 Å². The molecule has 26 heavy (non-hydrogen) atoms. The molecule has 0 bridgehead atoms. The van der Waals surface area contributed by atoms with E-state index in [1.54, 1.807) is 7.11 Å². The first-order chi connectivity index (χ1) is 12.5. The largest absolute Gasteiger partial charge is 0.497 e. The van der Waals surface area contributed by atoms with Crippen LogP contribution in [0.5, 0.6) is 5.75 Å². The smallest absolute Gasteiger partial charge is 0.321 e. The third kappa shape index (κ3) is 3.93. The topological polar surface area (TPSA) is 44.8 Å². The highest BCUT2D eigenvalue weighted by atomic mass is 16.5. The Balaban J connectivity index is 1.60. The second-order valence-electron chi connectivity index (χ2n) is 6.88. The maximum Gasteiger partial charge on any atom is 0.321 e. The van der Waals surface area contributed by atoms with Crippen LogP contribution in [-0.2, 0) is 0 Å². The van der Waals surface area contributed by atoms with E-state index in [2.05, 4.69) is 43.1 Å². The van der Waals surface area contributed by atoms with Crippen LogP contribution < -0.4 is 15.0 Å². The number of benzene rings is 2. The summed E-state index contributed by atoms with van der Waals surface area (Å²) in [6, 6.07) is 11.8. The summed E-state index contributed by atoms with van der Waals surface area (Å²) in [5.74, 6) is 0.778. The summed E-state index contributed by atoms with van der Waals surface area (Å²) in [4.78, 5) is 16.8. The van der Waals surface area contributed by atoms with Crippen molar-refractivity contribution in [3.05, 3.63) is 53.1 Å². The van der Waals surface area contributed by atoms with E-state index in [4.69, 9.17) is 4.74 Å². The Morgan fingerprint density at radius 3 is 2.08 bits per heavy atom. The molecular formula is C21H27N3O2. The Labute approximate surface area is 155 Å². The van der Waals surface area contributed by atoms with Crippen LogP contribution in [0.4, 0.5) is 16.2 Å². The lowest BCUT2D eigenvalue weighted by Crippen LogP contribution is -2.50. The number of hydrogen-bond acceptors (Lipinski definition) is 3. The number of ether oxygens (including phenoxy) is 1. The molecule has 1 saturated heterocycles. The van der Waals surface area contributed by atoms with E-state index in [1.165, 1.54) is 22.4 Å². The predicted octanol–water partition coefficient (Wildman–Crippen LogP) is 3.97. The molecule has 1 N–H and O–H groups in total. The molecule has 138 valence electrons. The zero-order chi connectivity index (χ0) is 18.7. The molecule has 3 rings (SSSR count). The molecule has 0 aliphatic carbocycles. The fourth-order valence-electron chi connectivity index (χ4n) is 3.68. The van der Waals surface area contributed by atoms with Gasteiger partial charge in [0, 0.05) is 37.6 Å². The van der Waals surface area contributed by atoms with Gasteiger partial charge in [-0.05, 0) is 56.2 Å². The fraction of sp³-hybridized carbons (Fsp3) is 0.381. The Kier molecular flexibility index (Phi) is 5.35. The second-order valence-corrected chi connectivity index (χ2v) is 6.88. The van der Waals surface area contributed by atoms with Gasteiger partial charge in [-0.25, -0.2) is 4.79 Å². The molecule has 0 atom stereocenters. The summed E-state index contributed by atoms with van der Waals surface area (Å²) in [5, 5.41) is 2.96. The van der Waals surface area contributed by atoms with Crippen LogP contribution in [-0.4, -0.2) is 44.2 Å². The lowest BCUT2D eigenvalue weighted by Gasteiger charge is -2.37. The lowest BCUT2D eigenvalue weighted by molar-refractivity contribution is 0.208. The van der Waals surface area contributed by atoms with E-state index < -0.39 is 0 Å². The summed E-state index contributed by atoms with van der Waals surface area (Å²) in [6.45, 7) is 9.59. The van der Waals surface area contributed by atoms with Gasteiger partial charge >= 0.3 is 6.03 Å². The maximum absolute atomic E-state index is 12.5. The van der Waals surface area contributed by atoms with Crippen molar-refractivity contribution in [3.8, 4) is 5.75 Å². The van der Waals surface area contributed by atoms with Crippen molar-refractivity contribution in [2.45, 2.75) is 20.8 Å². The monoisotopic (exact) mass is 353 g/mol. The number of carbonyl (C=O) groups excluding carboxylic acids is 1. The first-order valence-electron chi connectivity index (χ1n) is 9.00. The first-order valence-corrected chi connectivity index (χ1v) is 9.00. The number of urea groups is 1. The first kappa shape index (κ1) is 18.1. The maximum atomic E-state index is 12.5. The van der Waals surface area contributed by atoms with Crippen molar-refractivity contribution >= 4 is 17.4 Å². The van der Waals surface area contributed by atoms with Crippen molar-refractivity contribution < 1.29 is 9.53 Å². The molecule has 1 aliphatic heterocycles. The van der Waals surface area contributed by atoms with Gasteiger partial charge in [0.1, 0.15) is 5.75 Å². The van der Waals surface area contributed by atoms with Gasteiger partial charge in [0.05, 0.1) is 7.11 Å². The van der Waals surface area contributed by atoms with Gasteiger partial charge in [0.2, 0.25) is 0 Å². The van der Waals surface area contributed by atoms with Crippen molar-refractivity contribution in [1.82, 2.24) is 4.90 Å². The summed E-state index contributed by atoms with van der Waals surface area (Å²) >= 11 is 0. The van der Waals surface area contributed by atoms with Gasteiger partial charge in [-0.2, -0.15) is 0 Å². The van der Waals surface area contributed by atoms with Crippen LogP contribution in [0.1, 0.15) is 16.7 Å². The number of piperazine rings is 1. The van der Waals surface area contributed by atoms with Gasteiger partial charge < -0.3 is 19.9 Å². The number of carbonyl (C=O) groups is 1. The highest BCUT2D eigenvalue weighted by molar-refractivity contribution is 5.89. The van der Waals surface area contributed by atoms with E-state index in [-0.39, 0.29) is 6.03 Å². The molecule has 5 heteroatoms. The predicted molar refractivity (Wildman–Crippen MR) is 106 cm³/mol. The van der Waals surface area contributed by atoms with E-state index in [0.717, 1.165) is 37.6 Å². The minimum Gasteiger partial charge on any atom is -0.497 e. The fourth-order valence-corrected chi connectivity index (χ4v) is 3.68. The minimum atomic E-state index is -0.0489. The number of rotatable bonds is 3. The normalized spacial score (nSPS) is 14.3. The molecule has 5 nitrogen and oxygen atoms in total. The Hall–Kier alpha value is -2.69. The number of aryl methyl sites for hydroxylation is 3. The summed E-state index contributed by atoms with van der Waals surface area (Å²) in [6.07, 6.45) is 0. The number of nitrogens with one attached hydrogen (secondary N) is 1. The molecular weight excluding hydrogens is 326 g/mol. The molecule has 1 heterocycles. The van der Waals surface area contributed by atoms with Crippen LogP contribution in [0.3, 0.4) is 0 Å². The molecule has 0 radical (unpaired) electrons. The lowest BCUT2D eigenvalue weighted by atomic mass is 10.0. The van der Waals surface area contributed by atoms with Crippen molar-refractivity contribution in [3.63, 3.8) is 0 Å². The number of anilines is 2. The quantitative estimate of drug-likeness (QED) is 0.908. The van der Waals surface area contributed by atoms with Gasteiger partial charge in [0.15, 0.2) is 0 Å². The molecule has 0 spiro atoms. The van der Waals surface area contributed by atoms with Crippen LogP contribution in [0.2, 0.25) is 0 Å². The number of nitrogens with zero attached hydrogens (tertiary/aromatic N) is 2. The number of amides is 2. The molecule has 1 fully saturated rings. The Bertz CT molecular complexity index is 755. The van der Waals surface area contributed by atoms with Crippen molar-refractivity contribution in [2.75, 3.05) is 43.5 Å². The van der Waals surface area contributed by atoms with Crippen molar-refractivity contribution in [1.29, 1.82) is 0 Å². The van der Waals surface area contributed by atoms with Gasteiger partial charge in [0.25, 0.3) is 0 Å². The average molecular weight is 353 g/mol. The summed E-state index contributed by atoms with van der Waals surface area (Å²) < 4.78 is 5.14. The zero-order valence-electron chi connectivity index (χ0n) is 16.0. The molecule has 0 unspecified atom stereocenters. The average Bonchev–Trinajstić information content (AvgIpc) is 2.62. The van der Waals surface area contributed by atoms with Crippen LogP contribution in [0.25, 0.3) is 0 Å². The molecule has 0 aromatic heterocycles. The summed E-state index contributed by atoms with van der Waals surface area (Å²) in [5.41, 5.74) is 5.99. The van der Waals surface area contributed by atoms with Crippen LogP contribution >= 0.6 is 0 Å². The van der Waals surface area contributed by atoms with Gasteiger partial charge in [-0.15, -0.1) is 0 Å². The minimum absolute atomic E-state index is 0.0489. The summed E-state index contributed by atoms with van der Waals surface area (Å²) in [7, 11) is 1.63. The van der Waals surface area contributed by atoms with Gasteiger partial charge in [-0.1, -0.05) is 17.7 Å². The SMILES string of the molecule is COc1ccc(NC(=O)N2CCN(c3c(C)cc(C)cc3C)CC2)cc1. The molecule has 2 amide bonds. The Morgan fingerprint density at radius 1 is 0.962 bits per heavy atom.